The first-order chi connectivity index (χ1) is 8.34. The standard InChI is InChI=1S/C12H18N2O3S/c1-3-11(13)12(15)14-8-9-4-6-10(7-5-9)18(2,16)17/h4-7,11H,3,8,13H2,1-2H3,(H,14,15). The molecule has 0 aromatic heterocycles. The highest BCUT2D eigenvalue weighted by Crippen LogP contribution is 2.10. The van der Waals surface area contributed by atoms with Gasteiger partial charge in [0.05, 0.1) is 10.9 Å². The van der Waals surface area contributed by atoms with Crippen molar-refractivity contribution in [2.75, 3.05) is 6.26 Å². The Hall–Kier alpha value is -1.40. The van der Waals surface area contributed by atoms with E-state index in [1.165, 1.54) is 12.1 Å². The van der Waals surface area contributed by atoms with E-state index in [4.69, 9.17) is 5.73 Å². The molecular formula is C12H18N2O3S. The Morgan fingerprint density at radius 1 is 1.33 bits per heavy atom. The van der Waals surface area contributed by atoms with Crippen molar-refractivity contribution in [3.05, 3.63) is 29.8 Å². The van der Waals surface area contributed by atoms with E-state index in [-0.39, 0.29) is 10.8 Å². The van der Waals surface area contributed by atoms with Gasteiger partial charge in [0.15, 0.2) is 9.84 Å². The summed E-state index contributed by atoms with van der Waals surface area (Å²) in [4.78, 5) is 11.7. The molecule has 0 fully saturated rings. The maximum atomic E-state index is 11.4. The number of nitrogens with one attached hydrogen (secondary N) is 1. The molecule has 1 aromatic carbocycles. The summed E-state index contributed by atoms with van der Waals surface area (Å²) in [5.41, 5.74) is 6.40. The SMILES string of the molecule is CCC(N)C(=O)NCc1ccc(S(C)(=O)=O)cc1. The average Bonchev–Trinajstić information content (AvgIpc) is 2.34. The lowest BCUT2D eigenvalue weighted by atomic mass is 10.2. The van der Waals surface area contributed by atoms with Gasteiger partial charge in [0, 0.05) is 12.8 Å². The summed E-state index contributed by atoms with van der Waals surface area (Å²) >= 11 is 0. The number of hydrogen-bond acceptors (Lipinski definition) is 4. The second-order valence-corrected chi connectivity index (χ2v) is 6.16. The van der Waals surface area contributed by atoms with Crippen LogP contribution in [0.2, 0.25) is 0 Å². The van der Waals surface area contributed by atoms with Crippen LogP contribution in [-0.2, 0) is 21.2 Å². The lowest BCUT2D eigenvalue weighted by Crippen LogP contribution is -2.39. The molecule has 1 atom stereocenters. The highest BCUT2D eigenvalue weighted by atomic mass is 32.2. The van der Waals surface area contributed by atoms with E-state index in [2.05, 4.69) is 5.32 Å². The zero-order chi connectivity index (χ0) is 13.8. The monoisotopic (exact) mass is 270 g/mol. The third-order valence-electron chi connectivity index (χ3n) is 2.59. The van der Waals surface area contributed by atoms with E-state index in [0.717, 1.165) is 11.8 Å². The summed E-state index contributed by atoms with van der Waals surface area (Å²) in [7, 11) is -3.18. The van der Waals surface area contributed by atoms with Crippen molar-refractivity contribution in [2.24, 2.45) is 5.73 Å². The second-order valence-electron chi connectivity index (χ2n) is 4.15. The Morgan fingerprint density at radius 3 is 2.33 bits per heavy atom. The minimum atomic E-state index is -3.18. The number of sulfone groups is 1. The van der Waals surface area contributed by atoms with Crippen molar-refractivity contribution in [1.82, 2.24) is 5.32 Å². The largest absolute Gasteiger partial charge is 0.351 e. The molecule has 1 rings (SSSR count). The Bertz CT molecular complexity index is 509. The Labute approximate surface area is 107 Å². The van der Waals surface area contributed by atoms with Crippen LogP contribution in [0.1, 0.15) is 18.9 Å². The van der Waals surface area contributed by atoms with Gasteiger partial charge in [-0.25, -0.2) is 8.42 Å². The van der Waals surface area contributed by atoms with Gasteiger partial charge < -0.3 is 11.1 Å². The zero-order valence-electron chi connectivity index (χ0n) is 10.5. The molecule has 0 heterocycles. The molecule has 0 bridgehead atoms. The van der Waals surface area contributed by atoms with E-state index < -0.39 is 15.9 Å². The molecule has 0 aliphatic heterocycles. The number of carbonyl (C=O) groups is 1. The highest BCUT2D eigenvalue weighted by Gasteiger charge is 2.10. The number of rotatable bonds is 5. The van der Waals surface area contributed by atoms with Gasteiger partial charge in [-0.15, -0.1) is 0 Å². The van der Waals surface area contributed by atoms with E-state index in [1.54, 1.807) is 12.1 Å². The van der Waals surface area contributed by atoms with Gasteiger partial charge >= 0.3 is 0 Å². The molecule has 0 radical (unpaired) electrons. The first kappa shape index (κ1) is 14.7. The lowest BCUT2D eigenvalue weighted by molar-refractivity contribution is -0.122. The molecule has 1 amide bonds. The molecule has 1 aromatic rings. The second kappa shape index (κ2) is 5.97. The fourth-order valence-electron chi connectivity index (χ4n) is 1.36. The van der Waals surface area contributed by atoms with Crippen molar-refractivity contribution in [2.45, 2.75) is 30.8 Å². The molecule has 18 heavy (non-hydrogen) atoms. The topological polar surface area (TPSA) is 89.3 Å². The molecule has 0 aliphatic rings. The third-order valence-corrected chi connectivity index (χ3v) is 3.72. The number of nitrogens with two attached hydrogens (primary N) is 1. The van der Waals surface area contributed by atoms with Crippen LogP contribution >= 0.6 is 0 Å². The lowest BCUT2D eigenvalue weighted by Gasteiger charge is -2.10. The van der Waals surface area contributed by atoms with Crippen LogP contribution in [0, 0.1) is 0 Å². The maximum absolute atomic E-state index is 11.4. The first-order valence-electron chi connectivity index (χ1n) is 5.67. The summed E-state index contributed by atoms with van der Waals surface area (Å²) in [6.07, 6.45) is 1.74. The van der Waals surface area contributed by atoms with Gasteiger partial charge in [0.1, 0.15) is 0 Å². The van der Waals surface area contributed by atoms with Crippen LogP contribution in [-0.4, -0.2) is 26.6 Å². The van der Waals surface area contributed by atoms with Gasteiger partial charge in [-0.3, -0.25) is 4.79 Å². The van der Waals surface area contributed by atoms with Gasteiger partial charge in [0.25, 0.3) is 0 Å². The molecule has 0 aliphatic carbocycles. The Morgan fingerprint density at radius 2 is 1.89 bits per heavy atom. The zero-order valence-corrected chi connectivity index (χ0v) is 11.3. The van der Waals surface area contributed by atoms with Gasteiger partial charge in [0.2, 0.25) is 5.91 Å². The molecular weight excluding hydrogens is 252 g/mol. The van der Waals surface area contributed by atoms with Gasteiger partial charge in [-0.05, 0) is 24.1 Å². The average molecular weight is 270 g/mol. The summed E-state index contributed by atoms with van der Waals surface area (Å²) in [6, 6.07) is 5.90. The van der Waals surface area contributed by atoms with Crippen LogP contribution < -0.4 is 11.1 Å². The molecule has 0 saturated heterocycles. The Balaban J connectivity index is 2.63. The molecule has 1 unspecified atom stereocenters. The third kappa shape index (κ3) is 4.12. The van der Waals surface area contributed by atoms with E-state index >= 15 is 0 Å². The minimum absolute atomic E-state index is 0.204. The summed E-state index contributed by atoms with van der Waals surface area (Å²) in [6.45, 7) is 2.18. The fraction of sp³-hybridized carbons (Fsp3) is 0.417. The van der Waals surface area contributed by atoms with Crippen molar-refractivity contribution in [3.8, 4) is 0 Å². The van der Waals surface area contributed by atoms with Gasteiger partial charge in [-0.1, -0.05) is 19.1 Å². The molecule has 6 heteroatoms. The van der Waals surface area contributed by atoms with Crippen molar-refractivity contribution >= 4 is 15.7 Å². The van der Waals surface area contributed by atoms with Crippen LogP contribution in [0.25, 0.3) is 0 Å². The molecule has 3 N–H and O–H groups in total. The smallest absolute Gasteiger partial charge is 0.237 e. The number of hydrogen-bond donors (Lipinski definition) is 2. The minimum Gasteiger partial charge on any atom is -0.351 e. The van der Waals surface area contributed by atoms with E-state index in [9.17, 15) is 13.2 Å². The normalized spacial score (nSPS) is 13.1. The van der Waals surface area contributed by atoms with Crippen molar-refractivity contribution in [1.29, 1.82) is 0 Å². The highest BCUT2D eigenvalue weighted by molar-refractivity contribution is 7.90. The van der Waals surface area contributed by atoms with Crippen LogP contribution in [0.4, 0.5) is 0 Å². The molecule has 0 saturated carbocycles. The van der Waals surface area contributed by atoms with Crippen molar-refractivity contribution < 1.29 is 13.2 Å². The quantitative estimate of drug-likeness (QED) is 0.812. The molecule has 100 valence electrons. The van der Waals surface area contributed by atoms with E-state index in [1.807, 2.05) is 6.92 Å². The maximum Gasteiger partial charge on any atom is 0.237 e. The van der Waals surface area contributed by atoms with Crippen LogP contribution in [0.15, 0.2) is 29.2 Å². The molecule has 0 spiro atoms. The summed E-state index contributed by atoms with van der Waals surface area (Å²) < 4.78 is 22.5. The predicted molar refractivity (Wildman–Crippen MR) is 69.7 cm³/mol. The van der Waals surface area contributed by atoms with Crippen molar-refractivity contribution in [3.63, 3.8) is 0 Å². The van der Waals surface area contributed by atoms with E-state index in [0.29, 0.717) is 13.0 Å². The van der Waals surface area contributed by atoms with Crippen LogP contribution in [0.5, 0.6) is 0 Å². The number of benzene rings is 1. The van der Waals surface area contributed by atoms with Crippen LogP contribution in [0.3, 0.4) is 0 Å². The first-order valence-corrected chi connectivity index (χ1v) is 7.56. The fourth-order valence-corrected chi connectivity index (χ4v) is 1.99. The Kier molecular flexibility index (Phi) is 4.86. The number of carbonyl (C=O) groups excluding carboxylic acids is 1. The summed E-state index contributed by atoms with van der Waals surface area (Å²) in [5, 5.41) is 2.69. The number of amides is 1. The summed E-state index contributed by atoms with van der Waals surface area (Å²) in [5.74, 6) is -0.204. The van der Waals surface area contributed by atoms with Gasteiger partial charge in [-0.2, -0.15) is 0 Å². The predicted octanol–water partition coefficient (Wildman–Crippen LogP) is 0.444. The molecule has 5 nitrogen and oxygen atoms in total.